The van der Waals surface area contributed by atoms with Crippen molar-refractivity contribution in [1.29, 1.82) is 5.41 Å². The predicted octanol–water partition coefficient (Wildman–Crippen LogP) is 3.23. The van der Waals surface area contributed by atoms with Crippen molar-refractivity contribution in [3.8, 4) is 0 Å². The van der Waals surface area contributed by atoms with E-state index in [1.807, 2.05) is 31.2 Å². The van der Waals surface area contributed by atoms with Gasteiger partial charge in [-0.15, -0.1) is 0 Å². The molecule has 0 radical (unpaired) electrons. The lowest BCUT2D eigenvalue weighted by Crippen LogP contribution is -1.92. The van der Waals surface area contributed by atoms with Gasteiger partial charge in [0, 0.05) is 11.3 Å². The summed E-state index contributed by atoms with van der Waals surface area (Å²) >= 11 is 0. The van der Waals surface area contributed by atoms with Crippen LogP contribution >= 0.6 is 0 Å². The van der Waals surface area contributed by atoms with Crippen molar-refractivity contribution in [3.63, 3.8) is 0 Å². The van der Waals surface area contributed by atoms with Gasteiger partial charge in [0.05, 0.1) is 0 Å². The monoisotopic (exact) mass is 169 g/mol. The zero-order valence-electron chi connectivity index (χ0n) is 7.54. The SMILES string of the molecule is CC(=N)c1cccc2ccccc12. The summed E-state index contributed by atoms with van der Waals surface area (Å²) in [6.45, 7) is 1.82. The number of fused-ring (bicyclic) bond motifs is 1. The molecule has 0 saturated heterocycles. The molecule has 2 rings (SSSR count). The molecule has 13 heavy (non-hydrogen) atoms. The second-order valence-corrected chi connectivity index (χ2v) is 3.15. The third-order valence-corrected chi connectivity index (χ3v) is 2.19. The highest BCUT2D eigenvalue weighted by molar-refractivity contribution is 6.08. The Bertz CT molecular complexity index is 452. The first-order valence-electron chi connectivity index (χ1n) is 4.32. The highest BCUT2D eigenvalue weighted by Crippen LogP contribution is 2.18. The molecule has 1 heteroatoms. The summed E-state index contributed by atoms with van der Waals surface area (Å²) in [5.41, 5.74) is 1.65. The smallest absolute Gasteiger partial charge is 0.0361 e. The Labute approximate surface area is 77.5 Å². The number of nitrogens with one attached hydrogen (secondary N) is 1. The molecule has 1 nitrogen and oxygen atoms in total. The van der Waals surface area contributed by atoms with E-state index in [4.69, 9.17) is 5.41 Å². The Balaban J connectivity index is 2.83. The molecule has 0 aliphatic heterocycles. The minimum atomic E-state index is 0.622. The second-order valence-electron chi connectivity index (χ2n) is 3.15. The molecule has 1 N–H and O–H groups in total. The Morgan fingerprint density at radius 1 is 1.00 bits per heavy atom. The number of rotatable bonds is 1. The van der Waals surface area contributed by atoms with Crippen molar-refractivity contribution in [2.24, 2.45) is 0 Å². The molecular weight excluding hydrogens is 158 g/mol. The van der Waals surface area contributed by atoms with E-state index in [0.717, 1.165) is 10.9 Å². The maximum atomic E-state index is 7.62. The Hall–Kier alpha value is -1.63. The van der Waals surface area contributed by atoms with Gasteiger partial charge in [-0.2, -0.15) is 0 Å². The number of hydrogen-bond acceptors (Lipinski definition) is 1. The fourth-order valence-electron chi connectivity index (χ4n) is 1.55. The van der Waals surface area contributed by atoms with Crippen molar-refractivity contribution >= 4 is 16.5 Å². The Kier molecular flexibility index (Phi) is 1.85. The van der Waals surface area contributed by atoms with E-state index in [0.29, 0.717) is 5.71 Å². The lowest BCUT2D eigenvalue weighted by atomic mass is 10.0. The van der Waals surface area contributed by atoms with Crippen LogP contribution in [0.5, 0.6) is 0 Å². The van der Waals surface area contributed by atoms with E-state index in [9.17, 15) is 0 Å². The zero-order chi connectivity index (χ0) is 9.26. The van der Waals surface area contributed by atoms with Gasteiger partial charge in [0.2, 0.25) is 0 Å². The van der Waals surface area contributed by atoms with Gasteiger partial charge in [0.1, 0.15) is 0 Å². The minimum absolute atomic E-state index is 0.622. The summed E-state index contributed by atoms with van der Waals surface area (Å²) in [6.07, 6.45) is 0. The van der Waals surface area contributed by atoms with Gasteiger partial charge in [0.25, 0.3) is 0 Å². The summed E-state index contributed by atoms with van der Waals surface area (Å²) in [5, 5.41) is 9.98. The maximum absolute atomic E-state index is 7.62. The fraction of sp³-hybridized carbons (Fsp3) is 0.0833. The summed E-state index contributed by atoms with van der Waals surface area (Å²) in [5.74, 6) is 0. The van der Waals surface area contributed by atoms with Crippen LogP contribution in [0.4, 0.5) is 0 Å². The van der Waals surface area contributed by atoms with Gasteiger partial charge < -0.3 is 5.41 Å². The molecule has 0 fully saturated rings. The molecule has 0 spiro atoms. The largest absolute Gasteiger partial charge is 0.305 e. The predicted molar refractivity (Wildman–Crippen MR) is 56.5 cm³/mol. The van der Waals surface area contributed by atoms with Crippen molar-refractivity contribution in [3.05, 3.63) is 48.0 Å². The first-order chi connectivity index (χ1) is 6.29. The highest BCUT2D eigenvalue weighted by Gasteiger charge is 2.00. The third kappa shape index (κ3) is 1.33. The molecule has 2 aromatic carbocycles. The van der Waals surface area contributed by atoms with Crippen LogP contribution in [0.2, 0.25) is 0 Å². The lowest BCUT2D eigenvalue weighted by molar-refractivity contribution is 1.47. The minimum Gasteiger partial charge on any atom is -0.305 e. The molecule has 0 aliphatic carbocycles. The summed E-state index contributed by atoms with van der Waals surface area (Å²) in [6, 6.07) is 14.2. The molecule has 0 saturated carbocycles. The summed E-state index contributed by atoms with van der Waals surface area (Å²) in [7, 11) is 0. The molecule has 0 aromatic heterocycles. The second kappa shape index (κ2) is 3.02. The van der Waals surface area contributed by atoms with Crippen molar-refractivity contribution in [2.75, 3.05) is 0 Å². The van der Waals surface area contributed by atoms with Gasteiger partial charge in [-0.25, -0.2) is 0 Å². The van der Waals surface area contributed by atoms with Gasteiger partial charge in [0.15, 0.2) is 0 Å². The first kappa shape index (κ1) is 7.99. The van der Waals surface area contributed by atoms with Crippen molar-refractivity contribution < 1.29 is 0 Å². The Morgan fingerprint density at radius 3 is 2.46 bits per heavy atom. The molecule has 0 amide bonds. The van der Waals surface area contributed by atoms with Crippen LogP contribution in [0.1, 0.15) is 12.5 Å². The highest BCUT2D eigenvalue weighted by atomic mass is 14.4. The van der Waals surface area contributed by atoms with Crippen LogP contribution in [-0.4, -0.2) is 5.71 Å². The standard InChI is InChI=1S/C12H11N/c1-9(13)11-8-4-6-10-5-2-3-7-12(10)11/h2-8,13H,1H3. The van der Waals surface area contributed by atoms with Crippen LogP contribution in [-0.2, 0) is 0 Å². The quantitative estimate of drug-likeness (QED) is 0.634. The molecule has 0 heterocycles. The van der Waals surface area contributed by atoms with Crippen LogP contribution in [0, 0.1) is 5.41 Å². The van der Waals surface area contributed by atoms with E-state index < -0.39 is 0 Å². The molecule has 64 valence electrons. The molecule has 0 aliphatic rings. The van der Waals surface area contributed by atoms with E-state index >= 15 is 0 Å². The van der Waals surface area contributed by atoms with Gasteiger partial charge in [-0.05, 0) is 17.7 Å². The topological polar surface area (TPSA) is 23.9 Å². The first-order valence-corrected chi connectivity index (χ1v) is 4.32. The van der Waals surface area contributed by atoms with Crippen molar-refractivity contribution in [1.82, 2.24) is 0 Å². The van der Waals surface area contributed by atoms with E-state index in [-0.39, 0.29) is 0 Å². The molecule has 0 unspecified atom stereocenters. The summed E-state index contributed by atoms with van der Waals surface area (Å²) < 4.78 is 0. The molecule has 0 atom stereocenters. The fourth-order valence-corrected chi connectivity index (χ4v) is 1.55. The average molecular weight is 169 g/mol. The van der Waals surface area contributed by atoms with Crippen molar-refractivity contribution in [2.45, 2.75) is 6.92 Å². The maximum Gasteiger partial charge on any atom is 0.0361 e. The summed E-state index contributed by atoms with van der Waals surface area (Å²) in [4.78, 5) is 0. The average Bonchev–Trinajstić information content (AvgIpc) is 2.17. The van der Waals surface area contributed by atoms with Crippen LogP contribution in [0.15, 0.2) is 42.5 Å². The van der Waals surface area contributed by atoms with Gasteiger partial charge in [-0.1, -0.05) is 42.5 Å². The van der Waals surface area contributed by atoms with E-state index in [2.05, 4.69) is 18.2 Å². The van der Waals surface area contributed by atoms with Crippen LogP contribution < -0.4 is 0 Å². The van der Waals surface area contributed by atoms with Gasteiger partial charge in [-0.3, -0.25) is 0 Å². The molecule has 0 bridgehead atoms. The third-order valence-electron chi connectivity index (χ3n) is 2.19. The van der Waals surface area contributed by atoms with E-state index in [1.54, 1.807) is 0 Å². The zero-order valence-corrected chi connectivity index (χ0v) is 7.54. The van der Waals surface area contributed by atoms with Gasteiger partial charge >= 0.3 is 0 Å². The van der Waals surface area contributed by atoms with Crippen LogP contribution in [0.3, 0.4) is 0 Å². The molecular formula is C12H11N. The number of benzene rings is 2. The Morgan fingerprint density at radius 2 is 1.69 bits per heavy atom. The van der Waals surface area contributed by atoms with E-state index in [1.165, 1.54) is 5.39 Å². The number of hydrogen-bond donors (Lipinski definition) is 1. The normalized spacial score (nSPS) is 10.2. The molecule has 2 aromatic rings. The van der Waals surface area contributed by atoms with Crippen LogP contribution in [0.25, 0.3) is 10.8 Å². The lowest BCUT2D eigenvalue weighted by Gasteiger charge is -2.03.